The van der Waals surface area contributed by atoms with E-state index in [2.05, 4.69) is 26.1 Å². The normalized spacial score (nSPS) is 31.8. The molecule has 4 unspecified atom stereocenters. The lowest BCUT2D eigenvalue weighted by atomic mass is 9.70. The molecule has 5 N–H and O–H groups in total. The highest BCUT2D eigenvalue weighted by Crippen LogP contribution is 2.68. The third-order valence-corrected chi connectivity index (χ3v) is 7.02. The average Bonchev–Trinajstić information content (AvgIpc) is 2.85. The summed E-state index contributed by atoms with van der Waals surface area (Å²) < 4.78 is 0. The number of aliphatic hydroxyl groups is 1. The van der Waals surface area contributed by atoms with Crippen molar-refractivity contribution in [2.45, 2.75) is 46.1 Å². The Morgan fingerprint density at radius 2 is 1.88 bits per heavy atom. The second kappa shape index (κ2) is 5.87. The highest BCUT2D eigenvalue weighted by molar-refractivity contribution is 5.99. The van der Waals surface area contributed by atoms with Gasteiger partial charge in [-0.25, -0.2) is 4.79 Å². The minimum atomic E-state index is -1.36. The Hall–Kier alpha value is -2.28. The zero-order valence-corrected chi connectivity index (χ0v) is 15.1. The molecule has 2 saturated carbocycles. The number of hydrogen-bond acceptors (Lipinski definition) is 5. The number of amides is 1. The molecule has 7 heteroatoms. The van der Waals surface area contributed by atoms with Gasteiger partial charge in [0.2, 0.25) is 5.91 Å². The van der Waals surface area contributed by atoms with Gasteiger partial charge in [0.05, 0.1) is 6.10 Å². The maximum absolute atomic E-state index is 12.5. The molecule has 2 fully saturated rings. The lowest BCUT2D eigenvalue weighted by Crippen LogP contribution is -2.38. The van der Waals surface area contributed by atoms with E-state index < -0.39 is 35.0 Å². The minimum Gasteiger partial charge on any atom is -0.506 e. The Balaban J connectivity index is 1.79. The second-order valence-electron chi connectivity index (χ2n) is 8.31. The number of aliphatic hydroxyl groups excluding tert-OH is 1. The van der Waals surface area contributed by atoms with Crippen molar-refractivity contribution in [1.82, 2.24) is 0 Å². The maximum atomic E-state index is 12.5. The number of phenols is 2. The minimum absolute atomic E-state index is 0.0427. The van der Waals surface area contributed by atoms with Gasteiger partial charge in [-0.3, -0.25) is 4.79 Å². The van der Waals surface area contributed by atoms with Crippen LogP contribution in [0.25, 0.3) is 0 Å². The van der Waals surface area contributed by atoms with Gasteiger partial charge < -0.3 is 25.7 Å². The SMILES string of the molecule is CC1(C)C2CCC1(C)C(O)C2CC(=O)Nc1c(O)ccc(C(=O)O)c1O. The van der Waals surface area contributed by atoms with Crippen molar-refractivity contribution in [3.63, 3.8) is 0 Å². The molecule has 3 rings (SSSR count). The molecule has 0 aromatic heterocycles. The summed E-state index contributed by atoms with van der Waals surface area (Å²) in [7, 11) is 0. The highest BCUT2D eigenvalue weighted by atomic mass is 16.4. The third kappa shape index (κ3) is 2.45. The number of benzene rings is 1. The molecule has 1 aromatic rings. The summed E-state index contributed by atoms with van der Waals surface area (Å²) in [4.78, 5) is 23.6. The van der Waals surface area contributed by atoms with Crippen LogP contribution < -0.4 is 5.32 Å². The van der Waals surface area contributed by atoms with Crippen molar-refractivity contribution in [3.05, 3.63) is 17.7 Å². The number of hydrogen-bond donors (Lipinski definition) is 5. The van der Waals surface area contributed by atoms with Gasteiger partial charge in [-0.05, 0) is 47.6 Å². The predicted octanol–water partition coefficient (Wildman–Crippen LogP) is 2.56. The first-order chi connectivity index (χ1) is 12.0. The zero-order chi connectivity index (χ0) is 19.4. The Morgan fingerprint density at radius 3 is 2.42 bits per heavy atom. The highest BCUT2D eigenvalue weighted by Gasteiger charge is 2.65. The number of carboxylic acid groups (broad SMARTS) is 1. The summed E-state index contributed by atoms with van der Waals surface area (Å²) in [6, 6.07) is 2.17. The number of aromatic carboxylic acids is 1. The number of nitrogens with one attached hydrogen (secondary N) is 1. The van der Waals surface area contributed by atoms with E-state index >= 15 is 0 Å². The quantitative estimate of drug-likeness (QED) is 0.523. The van der Waals surface area contributed by atoms with E-state index in [0.29, 0.717) is 0 Å². The molecule has 0 saturated heterocycles. The molecule has 0 radical (unpaired) electrons. The molecular weight excluding hydrogens is 338 g/mol. The van der Waals surface area contributed by atoms with Gasteiger partial charge >= 0.3 is 5.97 Å². The Morgan fingerprint density at radius 1 is 1.23 bits per heavy atom. The Labute approximate surface area is 151 Å². The van der Waals surface area contributed by atoms with Gasteiger partial charge in [0.25, 0.3) is 0 Å². The monoisotopic (exact) mass is 363 g/mol. The predicted molar refractivity (Wildman–Crippen MR) is 94.1 cm³/mol. The van der Waals surface area contributed by atoms with Gasteiger partial charge in [0.15, 0.2) is 5.75 Å². The van der Waals surface area contributed by atoms with Gasteiger partial charge in [-0.2, -0.15) is 0 Å². The molecule has 0 spiro atoms. The van der Waals surface area contributed by atoms with Crippen molar-refractivity contribution in [2.75, 3.05) is 5.32 Å². The van der Waals surface area contributed by atoms with Gasteiger partial charge in [-0.1, -0.05) is 20.8 Å². The average molecular weight is 363 g/mol. The number of phenolic OH excluding ortho intramolecular Hbond substituents is 1. The van der Waals surface area contributed by atoms with E-state index in [0.717, 1.165) is 25.0 Å². The summed E-state index contributed by atoms with van der Waals surface area (Å²) >= 11 is 0. The molecule has 0 aliphatic heterocycles. The van der Waals surface area contributed by atoms with Crippen molar-refractivity contribution in [1.29, 1.82) is 0 Å². The Kier molecular flexibility index (Phi) is 4.18. The Bertz CT molecular complexity index is 774. The van der Waals surface area contributed by atoms with E-state index in [1.807, 2.05) is 0 Å². The summed E-state index contributed by atoms with van der Waals surface area (Å²) in [6.07, 6.45) is 1.31. The molecule has 2 bridgehead atoms. The number of carbonyl (C=O) groups excluding carboxylic acids is 1. The number of carboxylic acids is 1. The molecule has 2 aliphatic carbocycles. The first-order valence-corrected chi connectivity index (χ1v) is 8.77. The standard InChI is InChI=1S/C19H25NO6/c1-18(2)11-6-7-19(18,3)16(24)10(11)8-13(22)20-14-12(21)5-4-9(15(14)23)17(25)26/h4-5,10-11,16,21,23-24H,6-8H2,1-3H3,(H,20,22)(H,25,26). The van der Waals surface area contributed by atoms with Crippen LogP contribution in [-0.4, -0.2) is 38.4 Å². The van der Waals surface area contributed by atoms with Gasteiger partial charge in [0, 0.05) is 6.42 Å². The van der Waals surface area contributed by atoms with Gasteiger partial charge in [0.1, 0.15) is 17.0 Å². The third-order valence-electron chi connectivity index (χ3n) is 7.02. The fourth-order valence-electron chi connectivity index (χ4n) is 5.07. The van der Waals surface area contributed by atoms with Crippen LogP contribution >= 0.6 is 0 Å². The summed E-state index contributed by atoms with van der Waals surface area (Å²) in [5.74, 6) is -2.95. The molecule has 1 aromatic carbocycles. The fourth-order valence-corrected chi connectivity index (χ4v) is 5.07. The van der Waals surface area contributed by atoms with Crippen LogP contribution in [0.1, 0.15) is 50.4 Å². The van der Waals surface area contributed by atoms with Crippen molar-refractivity contribution < 1.29 is 30.0 Å². The number of fused-ring (bicyclic) bond motifs is 2. The number of carbonyl (C=O) groups is 2. The van der Waals surface area contributed by atoms with Gasteiger partial charge in [-0.15, -0.1) is 0 Å². The van der Waals surface area contributed by atoms with E-state index in [1.54, 1.807) is 0 Å². The van der Waals surface area contributed by atoms with Crippen LogP contribution in [0.3, 0.4) is 0 Å². The van der Waals surface area contributed by atoms with Crippen molar-refractivity contribution >= 4 is 17.6 Å². The molecule has 0 heterocycles. The summed E-state index contributed by atoms with van der Waals surface area (Å²) in [5, 5.41) is 42.1. The lowest BCUT2D eigenvalue weighted by molar-refractivity contribution is -0.119. The van der Waals surface area contributed by atoms with Crippen LogP contribution in [0.5, 0.6) is 11.5 Å². The summed E-state index contributed by atoms with van der Waals surface area (Å²) in [5.41, 5.74) is -1.05. The molecule has 4 atom stereocenters. The molecule has 1 amide bonds. The molecule has 7 nitrogen and oxygen atoms in total. The van der Waals surface area contributed by atoms with Crippen LogP contribution in [0.2, 0.25) is 0 Å². The molecule has 142 valence electrons. The van der Waals surface area contributed by atoms with Crippen LogP contribution in [0.4, 0.5) is 5.69 Å². The van der Waals surface area contributed by atoms with Crippen LogP contribution in [-0.2, 0) is 4.79 Å². The number of rotatable bonds is 4. The first-order valence-electron chi connectivity index (χ1n) is 8.77. The maximum Gasteiger partial charge on any atom is 0.339 e. The zero-order valence-electron chi connectivity index (χ0n) is 15.1. The van der Waals surface area contributed by atoms with Crippen molar-refractivity contribution in [3.8, 4) is 11.5 Å². The van der Waals surface area contributed by atoms with E-state index in [-0.39, 0.29) is 34.8 Å². The molecule has 26 heavy (non-hydrogen) atoms. The van der Waals surface area contributed by atoms with E-state index in [1.165, 1.54) is 0 Å². The van der Waals surface area contributed by atoms with E-state index in [4.69, 9.17) is 5.11 Å². The van der Waals surface area contributed by atoms with Crippen molar-refractivity contribution in [2.24, 2.45) is 22.7 Å². The molecular formula is C19H25NO6. The fraction of sp³-hybridized carbons (Fsp3) is 0.579. The summed E-state index contributed by atoms with van der Waals surface area (Å²) in [6.45, 7) is 6.31. The van der Waals surface area contributed by atoms with Crippen LogP contribution in [0, 0.1) is 22.7 Å². The topological polar surface area (TPSA) is 127 Å². The first kappa shape index (κ1) is 18.5. The largest absolute Gasteiger partial charge is 0.506 e. The number of anilines is 1. The number of aromatic hydroxyl groups is 2. The van der Waals surface area contributed by atoms with E-state index in [9.17, 15) is 24.9 Å². The molecule has 2 aliphatic rings. The smallest absolute Gasteiger partial charge is 0.339 e. The second-order valence-corrected chi connectivity index (χ2v) is 8.31. The van der Waals surface area contributed by atoms with Crippen LogP contribution in [0.15, 0.2) is 12.1 Å². The lowest BCUT2D eigenvalue weighted by Gasteiger charge is -2.37.